The third kappa shape index (κ3) is 3.72. The number of hydrogen-bond donors (Lipinski definition) is 1. The van der Waals surface area contributed by atoms with E-state index >= 15 is 0 Å². The van der Waals surface area contributed by atoms with E-state index in [1.807, 2.05) is 29.2 Å². The molecule has 1 aliphatic rings. The summed E-state index contributed by atoms with van der Waals surface area (Å²) in [6.07, 6.45) is 1.00. The van der Waals surface area contributed by atoms with Crippen LogP contribution in [-0.4, -0.2) is 37.0 Å². The summed E-state index contributed by atoms with van der Waals surface area (Å²) in [6.45, 7) is 4.04. The Hall–Kier alpha value is -1.10. The Balaban J connectivity index is 0.00000200. The van der Waals surface area contributed by atoms with Crippen molar-refractivity contribution in [3.8, 4) is 0 Å². The molecule has 1 aromatic carbocycles. The monoisotopic (exact) mass is 298 g/mol. The zero-order valence-corrected chi connectivity index (χ0v) is 12.9. The van der Waals surface area contributed by atoms with E-state index in [0.29, 0.717) is 19.1 Å². The zero-order valence-electron chi connectivity index (χ0n) is 12.0. The van der Waals surface area contributed by atoms with Crippen molar-refractivity contribution in [3.63, 3.8) is 0 Å². The van der Waals surface area contributed by atoms with E-state index in [-0.39, 0.29) is 24.4 Å². The normalized spacial score (nSPS) is 21.6. The maximum atomic E-state index is 12.5. The molecule has 1 aromatic rings. The first-order valence-electron chi connectivity index (χ1n) is 6.74. The Bertz CT molecular complexity index is 453. The van der Waals surface area contributed by atoms with Crippen LogP contribution in [0.2, 0.25) is 0 Å². The highest BCUT2D eigenvalue weighted by Gasteiger charge is 2.31. The van der Waals surface area contributed by atoms with Crippen LogP contribution in [0.25, 0.3) is 0 Å². The third-order valence-corrected chi connectivity index (χ3v) is 3.74. The Kier molecular flexibility index (Phi) is 6.46. The van der Waals surface area contributed by atoms with Gasteiger partial charge in [0.25, 0.3) is 5.91 Å². The number of nitrogens with zero attached hydrogens (tertiary/aromatic N) is 1. The molecule has 2 rings (SSSR count). The van der Waals surface area contributed by atoms with Crippen molar-refractivity contribution >= 4 is 18.3 Å². The summed E-state index contributed by atoms with van der Waals surface area (Å²) in [5.74, 6) is 0.530. The lowest BCUT2D eigenvalue weighted by atomic mass is 10.1. The molecular formula is C15H23ClN2O2. The van der Waals surface area contributed by atoms with Crippen molar-refractivity contribution in [2.45, 2.75) is 26.0 Å². The first-order chi connectivity index (χ1) is 9.15. The Labute approximate surface area is 126 Å². The number of ether oxygens (including phenoxy) is 1. The number of hydrogen-bond acceptors (Lipinski definition) is 3. The number of amides is 1. The van der Waals surface area contributed by atoms with Crippen molar-refractivity contribution < 1.29 is 9.53 Å². The number of benzene rings is 1. The molecule has 1 heterocycles. The summed E-state index contributed by atoms with van der Waals surface area (Å²) in [5, 5.41) is 0. The Morgan fingerprint density at radius 1 is 1.50 bits per heavy atom. The van der Waals surface area contributed by atoms with Gasteiger partial charge in [-0.3, -0.25) is 4.79 Å². The maximum Gasteiger partial charge on any atom is 0.254 e. The SMILES string of the molecule is COCc1cccc(C(=O)N2CC(CN)CC2C)c1.Cl. The molecule has 0 saturated carbocycles. The molecule has 2 N–H and O–H groups in total. The first-order valence-corrected chi connectivity index (χ1v) is 6.74. The van der Waals surface area contributed by atoms with Crippen molar-refractivity contribution in [2.75, 3.05) is 20.2 Å². The number of carbonyl (C=O) groups is 1. The molecule has 2 atom stereocenters. The van der Waals surface area contributed by atoms with E-state index < -0.39 is 0 Å². The lowest BCUT2D eigenvalue weighted by molar-refractivity contribution is 0.0743. The van der Waals surface area contributed by atoms with E-state index in [1.165, 1.54) is 0 Å². The number of rotatable bonds is 4. The van der Waals surface area contributed by atoms with Crippen LogP contribution in [0.1, 0.15) is 29.3 Å². The standard InChI is InChI=1S/C15H22N2O2.ClH/c1-11-6-13(8-16)9-17(11)15(18)14-5-3-4-12(7-14)10-19-2;/h3-5,7,11,13H,6,8-10,16H2,1-2H3;1H. The number of nitrogens with two attached hydrogens (primary N) is 1. The topological polar surface area (TPSA) is 55.6 Å². The molecule has 2 unspecified atom stereocenters. The van der Waals surface area contributed by atoms with Gasteiger partial charge in [-0.2, -0.15) is 0 Å². The highest BCUT2D eigenvalue weighted by atomic mass is 35.5. The molecule has 1 fully saturated rings. The van der Waals surface area contributed by atoms with E-state index in [4.69, 9.17) is 10.5 Å². The first kappa shape index (κ1) is 17.0. The highest BCUT2D eigenvalue weighted by Crippen LogP contribution is 2.24. The molecule has 5 heteroatoms. The fourth-order valence-electron chi connectivity index (χ4n) is 2.72. The Morgan fingerprint density at radius 3 is 2.85 bits per heavy atom. The number of methoxy groups -OCH3 is 1. The molecule has 0 radical (unpaired) electrons. The lowest BCUT2D eigenvalue weighted by Gasteiger charge is -2.21. The van der Waals surface area contributed by atoms with Crippen molar-refractivity contribution in [2.24, 2.45) is 11.7 Å². The van der Waals surface area contributed by atoms with Crippen LogP contribution in [0.3, 0.4) is 0 Å². The summed E-state index contributed by atoms with van der Waals surface area (Å²) in [4.78, 5) is 14.5. The second-order valence-corrected chi connectivity index (χ2v) is 5.28. The molecule has 20 heavy (non-hydrogen) atoms. The molecule has 4 nitrogen and oxygen atoms in total. The van der Waals surface area contributed by atoms with Crippen LogP contribution in [0, 0.1) is 5.92 Å². The van der Waals surface area contributed by atoms with Crippen molar-refractivity contribution in [1.29, 1.82) is 0 Å². The fraction of sp³-hybridized carbons (Fsp3) is 0.533. The van der Waals surface area contributed by atoms with Gasteiger partial charge >= 0.3 is 0 Å². The van der Waals surface area contributed by atoms with E-state index in [0.717, 1.165) is 24.1 Å². The molecule has 112 valence electrons. The van der Waals surface area contributed by atoms with Crippen LogP contribution in [-0.2, 0) is 11.3 Å². The van der Waals surface area contributed by atoms with Gasteiger partial charge in [0.1, 0.15) is 0 Å². The summed E-state index contributed by atoms with van der Waals surface area (Å²) < 4.78 is 5.10. The molecule has 1 aliphatic heterocycles. The summed E-state index contributed by atoms with van der Waals surface area (Å²) in [7, 11) is 1.66. The smallest absolute Gasteiger partial charge is 0.254 e. The quantitative estimate of drug-likeness (QED) is 0.926. The van der Waals surface area contributed by atoms with E-state index in [2.05, 4.69) is 6.92 Å². The molecule has 1 amide bonds. The minimum Gasteiger partial charge on any atom is -0.380 e. The Morgan fingerprint density at radius 2 is 2.25 bits per heavy atom. The number of likely N-dealkylation sites (tertiary alicyclic amines) is 1. The van der Waals surface area contributed by atoms with Gasteiger partial charge < -0.3 is 15.4 Å². The van der Waals surface area contributed by atoms with Gasteiger partial charge in [-0.25, -0.2) is 0 Å². The van der Waals surface area contributed by atoms with Crippen LogP contribution in [0.4, 0.5) is 0 Å². The van der Waals surface area contributed by atoms with Gasteiger partial charge in [-0.05, 0) is 43.5 Å². The van der Waals surface area contributed by atoms with Gasteiger partial charge in [-0.1, -0.05) is 12.1 Å². The van der Waals surface area contributed by atoms with Crippen molar-refractivity contribution in [1.82, 2.24) is 4.90 Å². The average Bonchev–Trinajstić information content (AvgIpc) is 2.80. The highest BCUT2D eigenvalue weighted by molar-refractivity contribution is 5.94. The number of carbonyl (C=O) groups excluding carboxylic acids is 1. The lowest BCUT2D eigenvalue weighted by Crippen LogP contribution is -2.34. The summed E-state index contributed by atoms with van der Waals surface area (Å²) in [6, 6.07) is 7.92. The predicted molar refractivity (Wildman–Crippen MR) is 82.1 cm³/mol. The summed E-state index contributed by atoms with van der Waals surface area (Å²) in [5.41, 5.74) is 7.47. The van der Waals surface area contributed by atoms with Gasteiger partial charge in [0, 0.05) is 25.3 Å². The minimum atomic E-state index is 0. The predicted octanol–water partition coefficient (Wildman–Crippen LogP) is 2.06. The van der Waals surface area contributed by atoms with Gasteiger partial charge in [0.2, 0.25) is 0 Å². The van der Waals surface area contributed by atoms with E-state index in [9.17, 15) is 4.79 Å². The molecule has 0 spiro atoms. The van der Waals surface area contributed by atoms with Crippen molar-refractivity contribution in [3.05, 3.63) is 35.4 Å². The molecule has 1 saturated heterocycles. The van der Waals surface area contributed by atoms with Gasteiger partial charge in [0.15, 0.2) is 0 Å². The van der Waals surface area contributed by atoms with Gasteiger partial charge in [-0.15, -0.1) is 12.4 Å². The van der Waals surface area contributed by atoms with Gasteiger partial charge in [0.05, 0.1) is 6.61 Å². The minimum absolute atomic E-state index is 0. The summed E-state index contributed by atoms with van der Waals surface area (Å²) >= 11 is 0. The average molecular weight is 299 g/mol. The second kappa shape index (κ2) is 7.62. The van der Waals surface area contributed by atoms with Crippen LogP contribution >= 0.6 is 12.4 Å². The van der Waals surface area contributed by atoms with Crippen LogP contribution < -0.4 is 5.73 Å². The fourth-order valence-corrected chi connectivity index (χ4v) is 2.72. The molecule has 0 aromatic heterocycles. The van der Waals surface area contributed by atoms with Crippen LogP contribution in [0.15, 0.2) is 24.3 Å². The number of halogens is 1. The maximum absolute atomic E-state index is 12.5. The molecule has 0 bridgehead atoms. The molecule has 0 aliphatic carbocycles. The molecular weight excluding hydrogens is 276 g/mol. The second-order valence-electron chi connectivity index (χ2n) is 5.28. The zero-order chi connectivity index (χ0) is 13.8. The third-order valence-electron chi connectivity index (χ3n) is 3.74. The largest absolute Gasteiger partial charge is 0.380 e. The van der Waals surface area contributed by atoms with E-state index in [1.54, 1.807) is 7.11 Å². The van der Waals surface area contributed by atoms with Crippen LogP contribution in [0.5, 0.6) is 0 Å².